The summed E-state index contributed by atoms with van der Waals surface area (Å²) in [5, 5.41) is 0. The van der Waals surface area contributed by atoms with Crippen LogP contribution in [0.15, 0.2) is 24.3 Å². The highest BCUT2D eigenvalue weighted by Crippen LogP contribution is 2.26. The number of likely N-dealkylation sites (tertiary alicyclic amines) is 1. The van der Waals surface area contributed by atoms with Gasteiger partial charge in [0.05, 0.1) is 6.10 Å². The number of hydrogen-bond donors (Lipinski definition) is 1. The number of nitrogens with zero attached hydrogens (tertiary/aromatic N) is 1. The highest BCUT2D eigenvalue weighted by Gasteiger charge is 2.30. The molecule has 1 aromatic carbocycles. The minimum absolute atomic E-state index is 0. The Labute approximate surface area is 151 Å². The van der Waals surface area contributed by atoms with Crippen LogP contribution < -0.4 is 10.5 Å². The summed E-state index contributed by atoms with van der Waals surface area (Å²) < 4.78 is 6.03. The van der Waals surface area contributed by atoms with Crippen LogP contribution >= 0.6 is 12.4 Å². The number of carbonyl (C=O) groups excluding carboxylic acids is 1. The molecule has 2 aliphatic rings. The van der Waals surface area contributed by atoms with Crippen LogP contribution in [0.1, 0.15) is 62.2 Å². The number of halogens is 1. The van der Waals surface area contributed by atoms with Crippen LogP contribution in [0.5, 0.6) is 5.75 Å². The first kappa shape index (κ1) is 19.1. The molecule has 1 saturated carbocycles. The molecule has 1 aliphatic heterocycles. The van der Waals surface area contributed by atoms with E-state index >= 15 is 0 Å². The topological polar surface area (TPSA) is 55.6 Å². The van der Waals surface area contributed by atoms with Crippen molar-refractivity contribution in [2.75, 3.05) is 6.54 Å². The third kappa shape index (κ3) is 4.42. The summed E-state index contributed by atoms with van der Waals surface area (Å²) in [6.45, 7) is 2.80. The van der Waals surface area contributed by atoms with Gasteiger partial charge in [-0.2, -0.15) is 0 Å². The monoisotopic (exact) mass is 352 g/mol. The molecule has 0 bridgehead atoms. The fourth-order valence-electron chi connectivity index (χ4n) is 3.82. The van der Waals surface area contributed by atoms with Crippen LogP contribution in [-0.4, -0.2) is 35.5 Å². The Balaban J connectivity index is 0.00000208. The fraction of sp³-hybridized carbons (Fsp3) is 0.632. The van der Waals surface area contributed by atoms with E-state index in [2.05, 4.69) is 0 Å². The second kappa shape index (κ2) is 8.72. The molecular weight excluding hydrogens is 324 g/mol. The van der Waals surface area contributed by atoms with E-state index in [0.29, 0.717) is 11.7 Å². The van der Waals surface area contributed by atoms with Gasteiger partial charge in [0.2, 0.25) is 0 Å². The molecule has 0 radical (unpaired) electrons. The predicted molar refractivity (Wildman–Crippen MR) is 98.9 cm³/mol. The summed E-state index contributed by atoms with van der Waals surface area (Å²) in [5.41, 5.74) is 6.81. The molecule has 0 spiro atoms. The van der Waals surface area contributed by atoms with E-state index in [-0.39, 0.29) is 30.4 Å². The number of ether oxygens (including phenoxy) is 1. The van der Waals surface area contributed by atoms with E-state index in [9.17, 15) is 4.79 Å². The zero-order valence-electron chi connectivity index (χ0n) is 14.4. The number of amides is 1. The lowest BCUT2D eigenvalue weighted by atomic mass is 9.96. The van der Waals surface area contributed by atoms with Gasteiger partial charge < -0.3 is 15.4 Å². The van der Waals surface area contributed by atoms with Crippen LogP contribution in [-0.2, 0) is 0 Å². The van der Waals surface area contributed by atoms with Crippen molar-refractivity contribution in [3.63, 3.8) is 0 Å². The summed E-state index contributed by atoms with van der Waals surface area (Å²) in [6.07, 6.45) is 8.26. The normalized spacial score (nSPS) is 22.8. The Morgan fingerprint density at radius 1 is 1.21 bits per heavy atom. The number of piperidine rings is 1. The highest BCUT2D eigenvalue weighted by atomic mass is 35.5. The maximum Gasteiger partial charge on any atom is 0.254 e. The van der Waals surface area contributed by atoms with Crippen LogP contribution in [0.4, 0.5) is 0 Å². The van der Waals surface area contributed by atoms with E-state index < -0.39 is 0 Å². The summed E-state index contributed by atoms with van der Waals surface area (Å²) >= 11 is 0. The van der Waals surface area contributed by atoms with Gasteiger partial charge in [-0.3, -0.25) is 4.79 Å². The third-order valence-corrected chi connectivity index (χ3v) is 5.10. The Hall–Kier alpha value is -1.26. The fourth-order valence-corrected chi connectivity index (χ4v) is 3.82. The molecule has 4 nitrogen and oxygen atoms in total. The van der Waals surface area contributed by atoms with Crippen molar-refractivity contribution in [1.82, 2.24) is 4.90 Å². The van der Waals surface area contributed by atoms with E-state index in [1.807, 2.05) is 36.1 Å². The SMILES string of the molecule is CC(N)C1CCCCN1C(=O)c1cccc(OC2CCCC2)c1.Cl. The molecule has 1 saturated heterocycles. The molecule has 2 atom stereocenters. The number of nitrogens with two attached hydrogens (primary N) is 1. The van der Waals surface area contributed by atoms with Crippen LogP contribution in [0.2, 0.25) is 0 Å². The summed E-state index contributed by atoms with van der Waals surface area (Å²) in [6, 6.07) is 7.81. The zero-order chi connectivity index (χ0) is 16.2. The predicted octanol–water partition coefficient (Wildman–Crippen LogP) is 3.77. The van der Waals surface area contributed by atoms with E-state index in [0.717, 1.165) is 44.4 Å². The largest absolute Gasteiger partial charge is 0.490 e. The van der Waals surface area contributed by atoms with Crippen molar-refractivity contribution in [1.29, 1.82) is 0 Å². The molecule has 1 aromatic rings. The van der Waals surface area contributed by atoms with E-state index in [1.165, 1.54) is 12.8 Å². The second-order valence-corrected chi connectivity index (χ2v) is 6.97. The highest BCUT2D eigenvalue weighted by molar-refractivity contribution is 5.95. The Morgan fingerprint density at radius 3 is 2.62 bits per heavy atom. The summed E-state index contributed by atoms with van der Waals surface area (Å²) in [4.78, 5) is 14.9. The van der Waals surface area contributed by atoms with Gasteiger partial charge in [-0.1, -0.05) is 6.07 Å². The smallest absolute Gasteiger partial charge is 0.254 e. The lowest BCUT2D eigenvalue weighted by Gasteiger charge is -2.38. The summed E-state index contributed by atoms with van der Waals surface area (Å²) in [5.74, 6) is 0.904. The first-order valence-electron chi connectivity index (χ1n) is 8.98. The average molecular weight is 353 g/mol. The number of carbonyl (C=O) groups is 1. The minimum Gasteiger partial charge on any atom is -0.490 e. The number of hydrogen-bond acceptors (Lipinski definition) is 3. The molecule has 1 aliphatic carbocycles. The van der Waals surface area contributed by atoms with Gasteiger partial charge in [-0.15, -0.1) is 12.4 Å². The lowest BCUT2D eigenvalue weighted by Crippen LogP contribution is -2.51. The third-order valence-electron chi connectivity index (χ3n) is 5.10. The van der Waals surface area contributed by atoms with Crippen molar-refractivity contribution in [3.8, 4) is 5.75 Å². The molecule has 2 fully saturated rings. The van der Waals surface area contributed by atoms with Gasteiger partial charge in [0.25, 0.3) is 5.91 Å². The molecule has 24 heavy (non-hydrogen) atoms. The molecular formula is C19H29ClN2O2. The average Bonchev–Trinajstić information content (AvgIpc) is 3.07. The molecule has 2 N–H and O–H groups in total. The van der Waals surface area contributed by atoms with Gasteiger partial charge >= 0.3 is 0 Å². The second-order valence-electron chi connectivity index (χ2n) is 6.97. The van der Waals surface area contributed by atoms with Gasteiger partial charge in [0.1, 0.15) is 5.75 Å². The molecule has 134 valence electrons. The maximum atomic E-state index is 12.9. The van der Waals surface area contributed by atoms with Crippen molar-refractivity contribution in [2.45, 2.75) is 70.1 Å². The van der Waals surface area contributed by atoms with Crippen molar-refractivity contribution in [2.24, 2.45) is 5.73 Å². The first-order chi connectivity index (χ1) is 11.1. The number of benzene rings is 1. The van der Waals surface area contributed by atoms with Crippen molar-refractivity contribution in [3.05, 3.63) is 29.8 Å². The van der Waals surface area contributed by atoms with Crippen molar-refractivity contribution >= 4 is 18.3 Å². The van der Waals surface area contributed by atoms with E-state index in [4.69, 9.17) is 10.5 Å². The van der Waals surface area contributed by atoms with Gasteiger partial charge in [0.15, 0.2) is 0 Å². The van der Waals surface area contributed by atoms with Crippen LogP contribution in [0.3, 0.4) is 0 Å². The minimum atomic E-state index is 0. The lowest BCUT2D eigenvalue weighted by molar-refractivity contribution is 0.0583. The quantitative estimate of drug-likeness (QED) is 0.897. The molecule has 1 heterocycles. The molecule has 2 unspecified atom stereocenters. The standard InChI is InChI=1S/C19H28N2O2.ClH/c1-14(20)18-11-4-5-12-21(18)19(22)15-7-6-10-17(13-15)23-16-8-2-3-9-16;/h6-7,10,13-14,16,18H,2-5,8-9,11-12,20H2,1H3;1H. The summed E-state index contributed by atoms with van der Waals surface area (Å²) in [7, 11) is 0. The van der Waals surface area contributed by atoms with Crippen LogP contribution in [0.25, 0.3) is 0 Å². The molecule has 3 rings (SSSR count). The van der Waals surface area contributed by atoms with Gasteiger partial charge in [-0.05, 0) is 70.1 Å². The Morgan fingerprint density at radius 2 is 1.92 bits per heavy atom. The van der Waals surface area contributed by atoms with Crippen molar-refractivity contribution < 1.29 is 9.53 Å². The van der Waals surface area contributed by atoms with Gasteiger partial charge in [0, 0.05) is 24.2 Å². The zero-order valence-corrected chi connectivity index (χ0v) is 15.3. The molecule has 1 amide bonds. The van der Waals surface area contributed by atoms with E-state index in [1.54, 1.807) is 0 Å². The van der Waals surface area contributed by atoms with Gasteiger partial charge in [-0.25, -0.2) is 0 Å². The molecule has 0 aromatic heterocycles. The van der Waals surface area contributed by atoms with Crippen LogP contribution in [0, 0.1) is 0 Å². The first-order valence-corrected chi connectivity index (χ1v) is 8.98. The molecule has 5 heteroatoms. The Bertz CT molecular complexity index is 544. The number of rotatable bonds is 4. The maximum absolute atomic E-state index is 12.9. The Kier molecular flexibility index (Phi) is 6.93.